The van der Waals surface area contributed by atoms with Gasteiger partial charge in [0.2, 0.25) is 0 Å². The van der Waals surface area contributed by atoms with Crippen molar-refractivity contribution >= 4 is 0 Å². The molecule has 0 spiro atoms. The van der Waals surface area contributed by atoms with Crippen LogP contribution in [0.2, 0.25) is 0 Å². The lowest BCUT2D eigenvalue weighted by atomic mass is 10.1. The van der Waals surface area contributed by atoms with Crippen LogP contribution in [0.25, 0.3) is 0 Å². The van der Waals surface area contributed by atoms with Crippen molar-refractivity contribution in [1.29, 1.82) is 0 Å². The Morgan fingerprint density at radius 3 is 2.31 bits per heavy atom. The molecule has 0 unspecified atom stereocenters. The molecule has 0 aromatic heterocycles. The van der Waals surface area contributed by atoms with E-state index in [1.54, 1.807) is 13.8 Å². The van der Waals surface area contributed by atoms with Gasteiger partial charge in [0.15, 0.2) is 0 Å². The Bertz CT molecular complexity index is 169. The van der Waals surface area contributed by atoms with Crippen molar-refractivity contribution in [2.24, 2.45) is 0 Å². The monoisotopic (exact) mass is 187 g/mol. The molecule has 0 rings (SSSR count). The quantitative estimate of drug-likeness (QED) is 0.598. The van der Waals surface area contributed by atoms with Crippen molar-refractivity contribution in [1.82, 2.24) is 4.90 Å². The molecule has 0 aliphatic heterocycles. The van der Waals surface area contributed by atoms with E-state index in [0.717, 1.165) is 12.0 Å². The highest BCUT2D eigenvalue weighted by molar-refractivity contribution is 4.92. The second-order valence-corrected chi connectivity index (χ2v) is 4.64. The van der Waals surface area contributed by atoms with Gasteiger partial charge in [-0.2, -0.15) is 0 Å². The van der Waals surface area contributed by atoms with Crippen LogP contribution in [0.5, 0.6) is 0 Å². The Kier molecular flexibility index (Phi) is 4.62. The zero-order valence-corrected chi connectivity index (χ0v) is 9.52. The van der Waals surface area contributed by atoms with Gasteiger partial charge in [-0.15, -0.1) is 6.58 Å². The number of nitrogens with zero attached hydrogens (tertiary/aromatic N) is 1. The van der Waals surface area contributed by atoms with Crippen LogP contribution >= 0.6 is 0 Å². The average molecular weight is 187 g/mol. The molecule has 0 amide bonds. The van der Waals surface area contributed by atoms with Gasteiger partial charge in [-0.3, -0.25) is 0 Å². The van der Waals surface area contributed by atoms with Crippen LogP contribution in [-0.4, -0.2) is 30.2 Å². The minimum absolute atomic E-state index is 0.368. The van der Waals surface area contributed by atoms with Gasteiger partial charge in [-0.05, 0) is 41.2 Å². The molecule has 1 atom stereocenters. The third-order valence-corrected chi connectivity index (χ3v) is 2.02. The number of rotatable bonds is 5. The summed E-state index contributed by atoms with van der Waals surface area (Å²) in [4.78, 5) is 2.04. The Labute approximate surface area is 81.6 Å². The molecule has 0 aliphatic rings. The summed E-state index contributed by atoms with van der Waals surface area (Å²) in [5.41, 5.74) is 0.0361. The molecular formula is C11H22FN. The largest absolute Gasteiger partial charge is 0.300 e. The van der Waals surface area contributed by atoms with E-state index in [-0.39, 0.29) is 0 Å². The normalized spacial score (nSPS) is 14.7. The fourth-order valence-electron chi connectivity index (χ4n) is 1.41. The first-order chi connectivity index (χ1) is 5.72. The lowest BCUT2D eigenvalue weighted by Gasteiger charge is -2.29. The van der Waals surface area contributed by atoms with E-state index in [0.29, 0.717) is 12.6 Å². The van der Waals surface area contributed by atoms with Crippen molar-refractivity contribution in [2.75, 3.05) is 13.6 Å². The van der Waals surface area contributed by atoms with Crippen LogP contribution in [0.15, 0.2) is 12.2 Å². The first-order valence-electron chi connectivity index (χ1n) is 4.76. The van der Waals surface area contributed by atoms with E-state index >= 15 is 0 Å². The molecule has 0 aromatic carbocycles. The van der Waals surface area contributed by atoms with Crippen LogP contribution < -0.4 is 0 Å². The highest BCUT2D eigenvalue weighted by atomic mass is 19.1. The van der Waals surface area contributed by atoms with Crippen molar-refractivity contribution in [3.05, 3.63) is 12.2 Å². The van der Waals surface area contributed by atoms with E-state index in [1.807, 2.05) is 18.9 Å². The summed E-state index contributed by atoms with van der Waals surface area (Å²) >= 11 is 0. The van der Waals surface area contributed by atoms with Crippen LogP contribution in [0.4, 0.5) is 4.39 Å². The summed E-state index contributed by atoms with van der Waals surface area (Å²) in [5, 5.41) is 0. The molecule has 78 valence electrons. The number of hydrogen-bond donors (Lipinski definition) is 0. The summed E-state index contributed by atoms with van der Waals surface area (Å²) < 4.78 is 13.3. The molecular weight excluding hydrogens is 165 g/mol. The molecule has 0 saturated heterocycles. The second-order valence-electron chi connectivity index (χ2n) is 4.64. The van der Waals surface area contributed by atoms with Crippen LogP contribution in [0.1, 0.15) is 34.1 Å². The van der Waals surface area contributed by atoms with Gasteiger partial charge in [0.1, 0.15) is 5.67 Å². The van der Waals surface area contributed by atoms with Crippen LogP contribution in [0.3, 0.4) is 0 Å². The molecule has 0 fully saturated rings. The first kappa shape index (κ1) is 12.6. The van der Waals surface area contributed by atoms with Crippen molar-refractivity contribution in [3.8, 4) is 0 Å². The highest BCUT2D eigenvalue weighted by Gasteiger charge is 2.20. The fraction of sp³-hybridized carbons (Fsp3) is 0.818. The number of hydrogen-bond acceptors (Lipinski definition) is 1. The molecule has 13 heavy (non-hydrogen) atoms. The minimum Gasteiger partial charge on any atom is -0.300 e. The Balaban J connectivity index is 3.96. The lowest BCUT2D eigenvalue weighted by molar-refractivity contribution is 0.119. The topological polar surface area (TPSA) is 3.24 Å². The fourth-order valence-corrected chi connectivity index (χ4v) is 1.41. The Morgan fingerprint density at radius 1 is 1.54 bits per heavy atom. The van der Waals surface area contributed by atoms with Crippen molar-refractivity contribution in [2.45, 2.75) is 45.8 Å². The number of halogens is 1. The first-order valence-corrected chi connectivity index (χ1v) is 4.76. The molecule has 0 aliphatic carbocycles. The summed E-state index contributed by atoms with van der Waals surface area (Å²) in [6.07, 6.45) is 0.937. The van der Waals surface area contributed by atoms with Gasteiger partial charge in [-0.25, -0.2) is 4.39 Å². The van der Waals surface area contributed by atoms with E-state index in [1.165, 1.54) is 0 Å². The van der Waals surface area contributed by atoms with E-state index in [2.05, 4.69) is 13.5 Å². The zero-order valence-electron chi connectivity index (χ0n) is 9.52. The van der Waals surface area contributed by atoms with Gasteiger partial charge < -0.3 is 4.90 Å². The standard InChI is InChI=1S/C11H22FN/c1-9(2)7-10(3)13(6)8-11(4,5)12/h10H,1,7-8H2,2-6H3/t10-/m1/s1. The highest BCUT2D eigenvalue weighted by Crippen LogP contribution is 2.14. The smallest absolute Gasteiger partial charge is 0.118 e. The van der Waals surface area contributed by atoms with E-state index in [4.69, 9.17) is 0 Å². The molecule has 0 bridgehead atoms. The molecule has 0 N–H and O–H groups in total. The van der Waals surface area contributed by atoms with Crippen molar-refractivity contribution in [3.63, 3.8) is 0 Å². The van der Waals surface area contributed by atoms with Gasteiger partial charge in [0.05, 0.1) is 0 Å². The third kappa shape index (κ3) is 6.76. The van der Waals surface area contributed by atoms with Gasteiger partial charge >= 0.3 is 0 Å². The van der Waals surface area contributed by atoms with E-state index in [9.17, 15) is 4.39 Å². The molecule has 0 heterocycles. The predicted octanol–water partition coefficient (Wildman–Crippen LogP) is 3.02. The third-order valence-electron chi connectivity index (χ3n) is 2.02. The molecule has 2 heteroatoms. The molecule has 1 nitrogen and oxygen atoms in total. The lowest BCUT2D eigenvalue weighted by Crippen LogP contribution is -2.38. The molecule has 0 aromatic rings. The Morgan fingerprint density at radius 2 is 2.00 bits per heavy atom. The summed E-state index contributed by atoms with van der Waals surface area (Å²) in [6, 6.07) is 0.368. The van der Waals surface area contributed by atoms with Crippen LogP contribution in [-0.2, 0) is 0 Å². The van der Waals surface area contributed by atoms with Crippen LogP contribution in [0, 0.1) is 0 Å². The maximum atomic E-state index is 13.3. The van der Waals surface area contributed by atoms with Gasteiger partial charge in [0, 0.05) is 12.6 Å². The number of alkyl halides is 1. The predicted molar refractivity (Wildman–Crippen MR) is 56.7 cm³/mol. The molecule has 0 radical (unpaired) electrons. The second kappa shape index (κ2) is 4.75. The molecule has 0 saturated carbocycles. The summed E-state index contributed by atoms with van der Waals surface area (Å²) in [6.45, 7) is 11.6. The summed E-state index contributed by atoms with van der Waals surface area (Å²) in [7, 11) is 1.95. The summed E-state index contributed by atoms with van der Waals surface area (Å²) in [5.74, 6) is 0. The van der Waals surface area contributed by atoms with Gasteiger partial charge in [0.25, 0.3) is 0 Å². The Hall–Kier alpha value is -0.370. The average Bonchev–Trinajstić information content (AvgIpc) is 1.81. The maximum absolute atomic E-state index is 13.3. The minimum atomic E-state index is -1.11. The van der Waals surface area contributed by atoms with E-state index < -0.39 is 5.67 Å². The van der Waals surface area contributed by atoms with Crippen molar-refractivity contribution < 1.29 is 4.39 Å². The SMILES string of the molecule is C=C(C)C[C@@H](C)N(C)CC(C)(C)F. The zero-order chi connectivity index (χ0) is 10.6. The maximum Gasteiger partial charge on any atom is 0.118 e. The van der Waals surface area contributed by atoms with Gasteiger partial charge in [-0.1, -0.05) is 5.57 Å².